The number of amides is 2. The first-order valence-corrected chi connectivity index (χ1v) is 13.6. The highest BCUT2D eigenvalue weighted by molar-refractivity contribution is 6.74. The number of alkyl halides is 3. The highest BCUT2D eigenvalue weighted by Gasteiger charge is 2.44. The Morgan fingerprint density at radius 1 is 1.00 bits per heavy atom. The zero-order valence-corrected chi connectivity index (χ0v) is 21.0. The predicted octanol–water partition coefficient (Wildman–Crippen LogP) is 5.45. The van der Waals surface area contributed by atoms with Gasteiger partial charge in [0.1, 0.15) is 11.9 Å². The Morgan fingerprint density at radius 3 is 2.09 bits per heavy atom. The molecule has 2 rings (SSSR count). The number of likely N-dealkylation sites (N-methyl/N-ethyl adjacent to an activating group) is 1. The summed E-state index contributed by atoms with van der Waals surface area (Å²) in [4.78, 5) is 25.9. The summed E-state index contributed by atoms with van der Waals surface area (Å²) in [5.74, 6) is -2.94. The van der Waals surface area contributed by atoms with Crippen molar-refractivity contribution in [1.82, 2.24) is 10.6 Å². The lowest BCUT2D eigenvalue weighted by Crippen LogP contribution is -2.53. The largest absolute Gasteiger partial charge is 0.417 e. The van der Waals surface area contributed by atoms with E-state index in [0.717, 1.165) is 12.1 Å². The van der Waals surface area contributed by atoms with Crippen LogP contribution in [-0.4, -0.2) is 33.2 Å². The van der Waals surface area contributed by atoms with Crippen molar-refractivity contribution in [3.63, 3.8) is 0 Å². The molecule has 2 aromatic carbocycles. The third kappa shape index (κ3) is 6.44. The minimum atomic E-state index is -4.96. The molecule has 0 aliphatic carbocycles. The van der Waals surface area contributed by atoms with Gasteiger partial charge in [0, 0.05) is 7.05 Å². The molecule has 2 N–H and O–H groups in total. The smallest absolute Gasteiger partial charge is 0.407 e. The minimum Gasteiger partial charge on any atom is -0.407 e. The second kappa shape index (κ2) is 10.3. The van der Waals surface area contributed by atoms with Crippen LogP contribution in [0.5, 0.6) is 0 Å². The molecule has 0 aromatic heterocycles. The van der Waals surface area contributed by atoms with Crippen LogP contribution in [0.25, 0.3) is 0 Å². The Balaban J connectivity index is 2.56. The molecule has 0 fully saturated rings. The van der Waals surface area contributed by atoms with E-state index >= 15 is 0 Å². The molecule has 186 valence electrons. The second-order valence-electron chi connectivity index (χ2n) is 9.46. The average molecular weight is 499 g/mol. The fourth-order valence-corrected chi connectivity index (χ4v) is 4.33. The molecule has 2 aromatic rings. The van der Waals surface area contributed by atoms with Crippen molar-refractivity contribution in [2.75, 3.05) is 7.05 Å². The molecule has 2 atom stereocenters. The van der Waals surface area contributed by atoms with Crippen LogP contribution >= 0.6 is 0 Å². The quantitative estimate of drug-likeness (QED) is 0.394. The van der Waals surface area contributed by atoms with Gasteiger partial charge in [-0.25, -0.2) is 4.39 Å². The number of benzene rings is 2. The minimum absolute atomic E-state index is 0.252. The van der Waals surface area contributed by atoms with Gasteiger partial charge in [-0.1, -0.05) is 51.1 Å². The molecule has 0 bridgehead atoms. The molecule has 0 heterocycles. The Kier molecular flexibility index (Phi) is 8.31. The van der Waals surface area contributed by atoms with Crippen molar-refractivity contribution in [2.24, 2.45) is 0 Å². The molecular formula is C24H30F4N2O3Si. The standard InChI is InChI=1S/C24H30F4N2O3Si/c1-23(2,3)34(5,6)33-20(15-10-8-7-9-11-15)19(22(32)29-4)30-21(31)17-13-12-16(25)14-18(17)24(26,27)28/h7-14,19-20H,1-6H3,(H,29,32)(H,30,31). The van der Waals surface area contributed by atoms with E-state index in [-0.39, 0.29) is 11.1 Å². The van der Waals surface area contributed by atoms with Crippen LogP contribution in [0, 0.1) is 5.82 Å². The van der Waals surface area contributed by atoms with Crippen LogP contribution < -0.4 is 10.6 Å². The van der Waals surface area contributed by atoms with Gasteiger partial charge in [-0.05, 0) is 41.9 Å². The molecule has 0 saturated heterocycles. The lowest BCUT2D eigenvalue weighted by Gasteiger charge is -2.41. The number of carbonyl (C=O) groups is 2. The first-order chi connectivity index (χ1) is 15.6. The highest BCUT2D eigenvalue weighted by atomic mass is 28.4. The number of hydrogen-bond donors (Lipinski definition) is 2. The van der Waals surface area contributed by atoms with E-state index in [9.17, 15) is 27.2 Å². The first-order valence-electron chi connectivity index (χ1n) is 10.7. The van der Waals surface area contributed by atoms with E-state index in [4.69, 9.17) is 4.43 Å². The van der Waals surface area contributed by atoms with E-state index in [1.165, 1.54) is 7.05 Å². The van der Waals surface area contributed by atoms with Crippen molar-refractivity contribution in [2.45, 2.75) is 57.2 Å². The van der Waals surface area contributed by atoms with Crippen LogP contribution in [0.2, 0.25) is 18.1 Å². The van der Waals surface area contributed by atoms with Gasteiger partial charge in [-0.15, -0.1) is 0 Å². The predicted molar refractivity (Wildman–Crippen MR) is 124 cm³/mol. The van der Waals surface area contributed by atoms with Gasteiger partial charge < -0.3 is 15.1 Å². The number of nitrogens with one attached hydrogen (secondary N) is 2. The van der Waals surface area contributed by atoms with Gasteiger partial charge in [0.2, 0.25) is 5.91 Å². The number of halogens is 4. The zero-order chi connectivity index (χ0) is 25.9. The van der Waals surface area contributed by atoms with Gasteiger partial charge in [0.05, 0.1) is 17.2 Å². The molecule has 0 aliphatic heterocycles. The van der Waals surface area contributed by atoms with Crippen LogP contribution in [0.15, 0.2) is 48.5 Å². The van der Waals surface area contributed by atoms with E-state index in [0.29, 0.717) is 5.56 Å². The number of hydrogen-bond acceptors (Lipinski definition) is 3. The van der Waals surface area contributed by atoms with Crippen molar-refractivity contribution in [3.05, 3.63) is 71.0 Å². The highest BCUT2D eigenvalue weighted by Crippen LogP contribution is 2.41. The zero-order valence-electron chi connectivity index (χ0n) is 20.0. The summed E-state index contributed by atoms with van der Waals surface area (Å²) < 4.78 is 60.5. The van der Waals surface area contributed by atoms with Crippen LogP contribution in [0.4, 0.5) is 17.6 Å². The maximum absolute atomic E-state index is 13.5. The van der Waals surface area contributed by atoms with E-state index in [2.05, 4.69) is 10.6 Å². The Bertz CT molecular complexity index is 1020. The summed E-state index contributed by atoms with van der Waals surface area (Å²) in [6, 6.07) is 9.11. The Morgan fingerprint density at radius 2 is 1.59 bits per heavy atom. The van der Waals surface area contributed by atoms with Gasteiger partial charge in [-0.3, -0.25) is 9.59 Å². The molecule has 2 unspecified atom stereocenters. The van der Waals surface area contributed by atoms with Gasteiger partial charge in [0.25, 0.3) is 5.91 Å². The summed E-state index contributed by atoms with van der Waals surface area (Å²) in [6.45, 7) is 9.94. The molecule has 2 amide bonds. The van der Waals surface area contributed by atoms with Crippen molar-refractivity contribution >= 4 is 20.1 Å². The molecule has 0 spiro atoms. The van der Waals surface area contributed by atoms with E-state index in [1.54, 1.807) is 30.3 Å². The summed E-state index contributed by atoms with van der Waals surface area (Å²) in [5, 5.41) is 4.61. The molecular weight excluding hydrogens is 468 g/mol. The normalized spacial score (nSPS) is 14.3. The lowest BCUT2D eigenvalue weighted by atomic mass is 10.00. The Hall–Kier alpha value is -2.72. The summed E-state index contributed by atoms with van der Waals surface area (Å²) in [7, 11) is -1.16. The average Bonchev–Trinajstić information content (AvgIpc) is 2.74. The number of carbonyl (C=O) groups excluding carboxylic acids is 2. The molecule has 0 radical (unpaired) electrons. The molecule has 0 aliphatic rings. The fourth-order valence-electron chi connectivity index (χ4n) is 3.07. The van der Waals surface area contributed by atoms with Crippen LogP contribution in [0.1, 0.15) is 48.4 Å². The Labute approximate surface area is 198 Å². The summed E-state index contributed by atoms with van der Waals surface area (Å²) in [5.41, 5.74) is -1.64. The van der Waals surface area contributed by atoms with Gasteiger partial charge in [-0.2, -0.15) is 13.2 Å². The molecule has 0 saturated carbocycles. The lowest BCUT2D eigenvalue weighted by molar-refractivity contribution is -0.138. The van der Waals surface area contributed by atoms with Crippen LogP contribution in [-0.2, 0) is 15.4 Å². The third-order valence-corrected chi connectivity index (χ3v) is 10.5. The molecule has 34 heavy (non-hydrogen) atoms. The number of rotatable bonds is 7. The summed E-state index contributed by atoms with van der Waals surface area (Å²) >= 11 is 0. The topological polar surface area (TPSA) is 67.4 Å². The SMILES string of the molecule is CNC(=O)C(NC(=O)c1ccc(F)cc1C(F)(F)F)C(O[Si](C)(C)C(C)(C)C)c1ccccc1. The van der Waals surface area contributed by atoms with Crippen molar-refractivity contribution in [3.8, 4) is 0 Å². The van der Waals surface area contributed by atoms with E-state index < -0.39 is 55.4 Å². The van der Waals surface area contributed by atoms with Crippen LogP contribution in [0.3, 0.4) is 0 Å². The third-order valence-electron chi connectivity index (χ3n) is 6.01. The first kappa shape index (κ1) is 27.5. The fraction of sp³-hybridized carbons (Fsp3) is 0.417. The van der Waals surface area contributed by atoms with Crippen molar-refractivity contribution < 1.29 is 31.6 Å². The summed E-state index contributed by atoms with van der Waals surface area (Å²) in [6.07, 6.45) is -5.94. The maximum atomic E-state index is 13.5. The van der Waals surface area contributed by atoms with E-state index in [1.807, 2.05) is 33.9 Å². The molecule has 10 heteroatoms. The van der Waals surface area contributed by atoms with Gasteiger partial charge >= 0.3 is 6.18 Å². The molecule has 5 nitrogen and oxygen atoms in total. The van der Waals surface area contributed by atoms with Gasteiger partial charge in [0.15, 0.2) is 8.32 Å². The maximum Gasteiger partial charge on any atom is 0.417 e. The second-order valence-corrected chi connectivity index (χ2v) is 14.2. The van der Waals surface area contributed by atoms with Crippen molar-refractivity contribution in [1.29, 1.82) is 0 Å². The monoisotopic (exact) mass is 498 g/mol.